The third-order valence-electron chi connectivity index (χ3n) is 2.67. The second-order valence-electron chi connectivity index (χ2n) is 3.68. The van der Waals surface area contributed by atoms with E-state index < -0.39 is 0 Å². The molecule has 3 nitrogen and oxygen atoms in total. The highest BCUT2D eigenvalue weighted by Gasteiger charge is 2.17. The van der Waals surface area contributed by atoms with Crippen LogP contribution in [0.4, 0.5) is 0 Å². The fraction of sp³-hybridized carbons (Fsp3) is 0.600. The van der Waals surface area contributed by atoms with Crippen molar-refractivity contribution in [3.63, 3.8) is 0 Å². The molecule has 0 spiro atoms. The smallest absolute Gasteiger partial charge is 0.179 e. The summed E-state index contributed by atoms with van der Waals surface area (Å²) in [4.78, 5) is 11.0. The van der Waals surface area contributed by atoms with Crippen LogP contribution < -0.4 is 0 Å². The van der Waals surface area contributed by atoms with Gasteiger partial charge >= 0.3 is 0 Å². The number of ketones is 1. The van der Waals surface area contributed by atoms with Gasteiger partial charge in [-0.3, -0.25) is 9.48 Å². The Morgan fingerprint density at radius 2 is 2.23 bits per heavy atom. The highest BCUT2D eigenvalue weighted by Crippen LogP contribution is 2.28. The van der Waals surface area contributed by atoms with Crippen LogP contribution in [0, 0.1) is 0 Å². The SMILES string of the molecule is CC(=O)c1ccn(C2CCCC2)n1. The quantitative estimate of drug-likeness (QED) is 0.651. The molecule has 0 radical (unpaired) electrons. The summed E-state index contributed by atoms with van der Waals surface area (Å²) in [6, 6.07) is 2.34. The summed E-state index contributed by atoms with van der Waals surface area (Å²) in [5, 5.41) is 4.26. The lowest BCUT2D eigenvalue weighted by atomic mass is 10.3. The topological polar surface area (TPSA) is 34.9 Å². The lowest BCUT2D eigenvalue weighted by molar-refractivity contribution is 0.101. The van der Waals surface area contributed by atoms with Crippen LogP contribution in [0.15, 0.2) is 12.3 Å². The van der Waals surface area contributed by atoms with E-state index in [1.165, 1.54) is 25.7 Å². The van der Waals surface area contributed by atoms with Crippen molar-refractivity contribution in [3.05, 3.63) is 18.0 Å². The van der Waals surface area contributed by atoms with E-state index in [-0.39, 0.29) is 5.78 Å². The fourth-order valence-electron chi connectivity index (χ4n) is 1.90. The minimum atomic E-state index is 0.0525. The van der Waals surface area contributed by atoms with E-state index in [2.05, 4.69) is 5.10 Å². The van der Waals surface area contributed by atoms with Crippen LogP contribution in [0.3, 0.4) is 0 Å². The normalized spacial score (nSPS) is 17.9. The van der Waals surface area contributed by atoms with Gasteiger partial charge in [0, 0.05) is 13.1 Å². The molecule has 0 saturated heterocycles. The zero-order valence-corrected chi connectivity index (χ0v) is 7.86. The van der Waals surface area contributed by atoms with Gasteiger partial charge in [-0.2, -0.15) is 5.10 Å². The summed E-state index contributed by atoms with van der Waals surface area (Å²) in [7, 11) is 0. The van der Waals surface area contributed by atoms with Gasteiger partial charge in [-0.1, -0.05) is 12.8 Å². The van der Waals surface area contributed by atoms with Crippen LogP contribution in [0.5, 0.6) is 0 Å². The second kappa shape index (κ2) is 3.32. The van der Waals surface area contributed by atoms with Crippen molar-refractivity contribution in [2.24, 2.45) is 0 Å². The summed E-state index contributed by atoms with van der Waals surface area (Å²) in [6.07, 6.45) is 6.92. The van der Waals surface area contributed by atoms with Gasteiger partial charge in [-0.05, 0) is 18.9 Å². The van der Waals surface area contributed by atoms with E-state index in [0.717, 1.165) is 0 Å². The molecule has 2 rings (SSSR count). The van der Waals surface area contributed by atoms with Crippen LogP contribution in [0.1, 0.15) is 49.1 Å². The molecule has 0 N–H and O–H groups in total. The molecule has 1 fully saturated rings. The molecule has 0 aliphatic heterocycles. The molecule has 1 aromatic heterocycles. The van der Waals surface area contributed by atoms with Crippen molar-refractivity contribution < 1.29 is 4.79 Å². The van der Waals surface area contributed by atoms with Crippen molar-refractivity contribution >= 4 is 5.78 Å². The molecule has 3 heteroatoms. The summed E-state index contributed by atoms with van der Waals surface area (Å²) in [5.74, 6) is 0.0525. The maximum Gasteiger partial charge on any atom is 0.179 e. The minimum Gasteiger partial charge on any atom is -0.293 e. The van der Waals surface area contributed by atoms with Crippen molar-refractivity contribution in [1.29, 1.82) is 0 Å². The van der Waals surface area contributed by atoms with Gasteiger partial charge in [0.1, 0.15) is 5.69 Å². The highest BCUT2D eigenvalue weighted by molar-refractivity contribution is 5.91. The largest absolute Gasteiger partial charge is 0.293 e. The molecule has 1 aromatic rings. The molecular formula is C10H14N2O. The number of carbonyl (C=O) groups is 1. The summed E-state index contributed by atoms with van der Waals surface area (Å²) in [6.45, 7) is 1.56. The van der Waals surface area contributed by atoms with Crippen LogP contribution in [-0.2, 0) is 0 Å². The zero-order chi connectivity index (χ0) is 9.26. The molecule has 1 aliphatic rings. The Kier molecular flexibility index (Phi) is 2.17. The average Bonchev–Trinajstić information content (AvgIpc) is 2.75. The number of hydrogen-bond donors (Lipinski definition) is 0. The lowest BCUT2D eigenvalue weighted by Gasteiger charge is -2.08. The van der Waals surface area contributed by atoms with E-state index >= 15 is 0 Å². The van der Waals surface area contributed by atoms with Gasteiger partial charge in [0.2, 0.25) is 0 Å². The zero-order valence-electron chi connectivity index (χ0n) is 7.86. The van der Waals surface area contributed by atoms with Gasteiger partial charge in [0.05, 0.1) is 6.04 Å². The molecule has 13 heavy (non-hydrogen) atoms. The Labute approximate surface area is 77.7 Å². The number of Topliss-reactive ketones (excluding diaryl/α,β-unsaturated/α-hetero) is 1. The average molecular weight is 178 g/mol. The molecular weight excluding hydrogens is 164 g/mol. The number of rotatable bonds is 2. The Bertz CT molecular complexity index is 310. The molecule has 0 bridgehead atoms. The van der Waals surface area contributed by atoms with Crippen LogP contribution in [0.2, 0.25) is 0 Å². The summed E-state index contributed by atoms with van der Waals surface area (Å²) in [5.41, 5.74) is 0.590. The molecule has 1 saturated carbocycles. The third-order valence-corrected chi connectivity index (χ3v) is 2.67. The Hall–Kier alpha value is -1.12. The highest BCUT2D eigenvalue weighted by atomic mass is 16.1. The van der Waals surface area contributed by atoms with Crippen molar-refractivity contribution in [3.8, 4) is 0 Å². The number of carbonyl (C=O) groups excluding carboxylic acids is 1. The molecule has 0 amide bonds. The molecule has 0 atom stereocenters. The molecule has 0 aromatic carbocycles. The van der Waals surface area contributed by atoms with Crippen molar-refractivity contribution in [1.82, 2.24) is 9.78 Å². The third kappa shape index (κ3) is 1.64. The molecule has 1 heterocycles. The Morgan fingerprint density at radius 3 is 2.77 bits per heavy atom. The second-order valence-corrected chi connectivity index (χ2v) is 3.68. The first-order valence-corrected chi connectivity index (χ1v) is 4.83. The van der Waals surface area contributed by atoms with E-state index in [0.29, 0.717) is 11.7 Å². The number of aromatic nitrogens is 2. The Balaban J connectivity index is 2.16. The first-order valence-electron chi connectivity index (χ1n) is 4.83. The predicted octanol–water partition coefficient (Wildman–Crippen LogP) is 2.20. The first kappa shape index (κ1) is 8.48. The van der Waals surface area contributed by atoms with Crippen molar-refractivity contribution in [2.75, 3.05) is 0 Å². The van der Waals surface area contributed by atoms with Gasteiger partial charge < -0.3 is 0 Å². The van der Waals surface area contributed by atoms with Gasteiger partial charge in [0.15, 0.2) is 5.78 Å². The van der Waals surface area contributed by atoms with Gasteiger partial charge in [-0.25, -0.2) is 0 Å². The maximum absolute atomic E-state index is 11.0. The monoisotopic (exact) mass is 178 g/mol. The minimum absolute atomic E-state index is 0.0525. The van der Waals surface area contributed by atoms with Gasteiger partial charge in [-0.15, -0.1) is 0 Å². The fourth-order valence-corrected chi connectivity index (χ4v) is 1.90. The maximum atomic E-state index is 11.0. The van der Waals surface area contributed by atoms with Gasteiger partial charge in [0.25, 0.3) is 0 Å². The standard InChI is InChI=1S/C10H14N2O/c1-8(13)10-6-7-12(11-10)9-4-2-3-5-9/h6-7,9H,2-5H2,1H3. The molecule has 70 valence electrons. The van der Waals surface area contributed by atoms with E-state index in [1.807, 2.05) is 10.9 Å². The van der Waals surface area contributed by atoms with Crippen molar-refractivity contribution in [2.45, 2.75) is 38.6 Å². The lowest BCUT2D eigenvalue weighted by Crippen LogP contribution is -2.06. The summed E-state index contributed by atoms with van der Waals surface area (Å²) >= 11 is 0. The van der Waals surface area contributed by atoms with Crippen LogP contribution in [-0.4, -0.2) is 15.6 Å². The summed E-state index contributed by atoms with van der Waals surface area (Å²) < 4.78 is 1.95. The molecule has 1 aliphatic carbocycles. The molecule has 0 unspecified atom stereocenters. The van der Waals surface area contributed by atoms with E-state index in [4.69, 9.17) is 0 Å². The number of hydrogen-bond acceptors (Lipinski definition) is 2. The van der Waals surface area contributed by atoms with E-state index in [9.17, 15) is 4.79 Å². The van der Waals surface area contributed by atoms with Crippen LogP contribution in [0.25, 0.3) is 0 Å². The first-order chi connectivity index (χ1) is 6.27. The van der Waals surface area contributed by atoms with Crippen LogP contribution >= 0.6 is 0 Å². The van der Waals surface area contributed by atoms with E-state index in [1.54, 1.807) is 13.0 Å². The Morgan fingerprint density at radius 1 is 1.54 bits per heavy atom. The number of nitrogens with zero attached hydrogens (tertiary/aromatic N) is 2. The predicted molar refractivity (Wildman–Crippen MR) is 49.7 cm³/mol.